The molecule has 0 aliphatic heterocycles. The van der Waals surface area contributed by atoms with Gasteiger partial charge in [-0.2, -0.15) is 5.10 Å². The minimum Gasteiger partial charge on any atom is -0.396 e. The van der Waals surface area contributed by atoms with Gasteiger partial charge in [-0.3, -0.25) is 9.48 Å². The molecule has 1 aromatic rings. The molecular formula is C13H23N3O2. The molecule has 0 aromatic carbocycles. The molecule has 5 heteroatoms. The van der Waals surface area contributed by atoms with Crippen LogP contribution in [0.25, 0.3) is 0 Å². The minimum absolute atomic E-state index is 0.00221. The molecule has 18 heavy (non-hydrogen) atoms. The Morgan fingerprint density at radius 2 is 2.28 bits per heavy atom. The molecule has 1 rings (SSSR count). The summed E-state index contributed by atoms with van der Waals surface area (Å²) in [6, 6.07) is 1.50. The zero-order valence-electron chi connectivity index (χ0n) is 11.4. The summed E-state index contributed by atoms with van der Waals surface area (Å²) in [6.45, 7) is 6.80. The van der Waals surface area contributed by atoms with E-state index in [1.807, 2.05) is 6.92 Å². The van der Waals surface area contributed by atoms with E-state index in [-0.39, 0.29) is 24.0 Å². The Bertz CT molecular complexity index is 360. The first-order valence-electron chi connectivity index (χ1n) is 6.34. The van der Waals surface area contributed by atoms with Crippen LogP contribution in [0.15, 0.2) is 18.5 Å². The molecule has 1 heterocycles. The van der Waals surface area contributed by atoms with Crippen molar-refractivity contribution in [3.05, 3.63) is 18.5 Å². The maximum atomic E-state index is 11.9. The molecule has 0 spiro atoms. The Kier molecular flexibility index (Phi) is 5.34. The molecule has 5 nitrogen and oxygen atoms in total. The van der Waals surface area contributed by atoms with Gasteiger partial charge in [-0.1, -0.05) is 13.8 Å². The molecule has 0 aliphatic carbocycles. The first kappa shape index (κ1) is 14.7. The third-order valence-corrected chi connectivity index (χ3v) is 3.05. The number of carbonyl (C=O) groups is 1. The average molecular weight is 253 g/mol. The first-order chi connectivity index (χ1) is 8.46. The molecule has 1 atom stereocenters. The summed E-state index contributed by atoms with van der Waals surface area (Å²) in [5, 5.41) is 15.8. The SMILES string of the molecule is CC(C(=O)NCC(C)(C)CCCO)n1cccn1. The highest BCUT2D eigenvalue weighted by Gasteiger charge is 2.21. The van der Waals surface area contributed by atoms with Crippen molar-refractivity contribution in [1.29, 1.82) is 0 Å². The highest BCUT2D eigenvalue weighted by atomic mass is 16.2. The fraction of sp³-hybridized carbons (Fsp3) is 0.692. The quantitative estimate of drug-likeness (QED) is 0.771. The summed E-state index contributed by atoms with van der Waals surface area (Å²) in [5.74, 6) is -0.0317. The second kappa shape index (κ2) is 6.54. The highest BCUT2D eigenvalue weighted by molar-refractivity contribution is 5.79. The van der Waals surface area contributed by atoms with E-state index in [1.54, 1.807) is 23.1 Å². The van der Waals surface area contributed by atoms with E-state index in [4.69, 9.17) is 5.11 Å². The summed E-state index contributed by atoms with van der Waals surface area (Å²) in [4.78, 5) is 11.9. The molecule has 1 unspecified atom stereocenters. The fourth-order valence-corrected chi connectivity index (χ4v) is 1.75. The largest absolute Gasteiger partial charge is 0.396 e. The lowest BCUT2D eigenvalue weighted by molar-refractivity contribution is -0.124. The topological polar surface area (TPSA) is 67.2 Å². The van der Waals surface area contributed by atoms with Crippen LogP contribution < -0.4 is 5.32 Å². The predicted molar refractivity (Wildman–Crippen MR) is 70.0 cm³/mol. The van der Waals surface area contributed by atoms with Crippen molar-refractivity contribution in [2.45, 2.75) is 39.7 Å². The summed E-state index contributed by atoms with van der Waals surface area (Å²) in [6.07, 6.45) is 5.09. The number of nitrogens with one attached hydrogen (secondary N) is 1. The smallest absolute Gasteiger partial charge is 0.244 e. The van der Waals surface area contributed by atoms with E-state index in [0.717, 1.165) is 12.8 Å². The molecular weight excluding hydrogens is 230 g/mol. The minimum atomic E-state index is -0.298. The van der Waals surface area contributed by atoms with Gasteiger partial charge in [0.15, 0.2) is 0 Å². The van der Waals surface area contributed by atoms with Crippen molar-refractivity contribution in [2.75, 3.05) is 13.2 Å². The summed E-state index contributed by atoms with van der Waals surface area (Å²) >= 11 is 0. The van der Waals surface area contributed by atoms with Crippen molar-refractivity contribution < 1.29 is 9.90 Å². The summed E-state index contributed by atoms with van der Waals surface area (Å²) in [7, 11) is 0. The molecule has 0 saturated heterocycles. The van der Waals surface area contributed by atoms with E-state index in [9.17, 15) is 4.79 Å². The van der Waals surface area contributed by atoms with Crippen LogP contribution in [0.1, 0.15) is 39.7 Å². The number of hydrogen-bond donors (Lipinski definition) is 2. The molecule has 1 aromatic heterocycles. The number of amides is 1. The third-order valence-electron chi connectivity index (χ3n) is 3.05. The van der Waals surface area contributed by atoms with Crippen LogP contribution in [0, 0.1) is 5.41 Å². The highest BCUT2D eigenvalue weighted by Crippen LogP contribution is 2.21. The van der Waals surface area contributed by atoms with Gasteiger partial charge >= 0.3 is 0 Å². The van der Waals surface area contributed by atoms with Gasteiger partial charge in [-0.05, 0) is 31.2 Å². The zero-order valence-corrected chi connectivity index (χ0v) is 11.4. The van der Waals surface area contributed by atoms with Crippen LogP contribution in [-0.4, -0.2) is 33.9 Å². The number of aromatic nitrogens is 2. The van der Waals surface area contributed by atoms with Gasteiger partial charge in [0.05, 0.1) is 0 Å². The van der Waals surface area contributed by atoms with Crippen LogP contribution in [0.3, 0.4) is 0 Å². The monoisotopic (exact) mass is 253 g/mol. The summed E-state index contributed by atoms with van der Waals surface area (Å²) in [5.41, 5.74) is 0.00221. The maximum absolute atomic E-state index is 11.9. The Balaban J connectivity index is 2.41. The van der Waals surface area contributed by atoms with Gasteiger partial charge in [-0.15, -0.1) is 0 Å². The molecule has 0 radical (unpaired) electrons. The molecule has 2 N–H and O–H groups in total. The molecule has 1 amide bonds. The fourth-order valence-electron chi connectivity index (χ4n) is 1.75. The Morgan fingerprint density at radius 1 is 1.56 bits per heavy atom. The lowest BCUT2D eigenvalue weighted by atomic mass is 9.88. The van der Waals surface area contributed by atoms with E-state index in [2.05, 4.69) is 24.3 Å². The number of nitrogens with zero attached hydrogens (tertiary/aromatic N) is 2. The van der Waals surface area contributed by atoms with Crippen molar-refractivity contribution in [2.24, 2.45) is 5.41 Å². The average Bonchev–Trinajstić information content (AvgIpc) is 2.86. The molecule has 0 aliphatic rings. The van der Waals surface area contributed by atoms with Crippen molar-refractivity contribution >= 4 is 5.91 Å². The standard InChI is InChI=1S/C13H23N3O2/c1-11(16-8-5-7-15-16)12(18)14-10-13(2,3)6-4-9-17/h5,7-8,11,17H,4,6,9-10H2,1-3H3,(H,14,18). The number of rotatable bonds is 7. The van der Waals surface area contributed by atoms with E-state index in [0.29, 0.717) is 6.54 Å². The Morgan fingerprint density at radius 3 is 2.83 bits per heavy atom. The Hall–Kier alpha value is -1.36. The zero-order chi connectivity index (χ0) is 13.6. The number of carbonyl (C=O) groups excluding carboxylic acids is 1. The molecule has 0 saturated carbocycles. The van der Waals surface area contributed by atoms with Crippen LogP contribution in [0.4, 0.5) is 0 Å². The Labute approximate surface area is 108 Å². The van der Waals surface area contributed by atoms with Crippen molar-refractivity contribution in [3.63, 3.8) is 0 Å². The van der Waals surface area contributed by atoms with Crippen LogP contribution in [0.2, 0.25) is 0 Å². The second-order valence-corrected chi connectivity index (χ2v) is 5.37. The van der Waals surface area contributed by atoms with Gasteiger partial charge in [0.2, 0.25) is 5.91 Å². The van der Waals surface area contributed by atoms with Crippen molar-refractivity contribution in [3.8, 4) is 0 Å². The molecule has 0 fully saturated rings. The van der Waals surface area contributed by atoms with E-state index >= 15 is 0 Å². The summed E-state index contributed by atoms with van der Waals surface area (Å²) < 4.78 is 1.63. The number of hydrogen-bond acceptors (Lipinski definition) is 3. The first-order valence-corrected chi connectivity index (χ1v) is 6.34. The van der Waals surface area contributed by atoms with Gasteiger partial charge in [-0.25, -0.2) is 0 Å². The van der Waals surface area contributed by atoms with Crippen molar-refractivity contribution in [1.82, 2.24) is 15.1 Å². The van der Waals surface area contributed by atoms with E-state index < -0.39 is 0 Å². The maximum Gasteiger partial charge on any atom is 0.244 e. The normalized spacial score (nSPS) is 13.3. The van der Waals surface area contributed by atoms with Gasteiger partial charge < -0.3 is 10.4 Å². The predicted octanol–water partition coefficient (Wildman–Crippen LogP) is 1.36. The lowest BCUT2D eigenvalue weighted by Gasteiger charge is -2.25. The van der Waals surface area contributed by atoms with E-state index in [1.165, 1.54) is 0 Å². The number of aliphatic hydroxyl groups excluding tert-OH is 1. The number of aliphatic hydroxyl groups is 1. The third kappa shape index (κ3) is 4.49. The molecule has 102 valence electrons. The van der Waals surface area contributed by atoms with Gasteiger partial charge in [0.25, 0.3) is 0 Å². The molecule has 0 bridgehead atoms. The van der Waals surface area contributed by atoms with Crippen LogP contribution in [0.5, 0.6) is 0 Å². The van der Waals surface area contributed by atoms with Crippen LogP contribution in [-0.2, 0) is 4.79 Å². The van der Waals surface area contributed by atoms with Gasteiger partial charge in [0, 0.05) is 25.5 Å². The lowest BCUT2D eigenvalue weighted by Crippen LogP contribution is -2.38. The second-order valence-electron chi connectivity index (χ2n) is 5.37. The van der Waals surface area contributed by atoms with Crippen LogP contribution >= 0.6 is 0 Å². The van der Waals surface area contributed by atoms with Gasteiger partial charge in [0.1, 0.15) is 6.04 Å².